The first kappa shape index (κ1) is 19.1. The van der Waals surface area contributed by atoms with Crippen molar-refractivity contribution >= 4 is 28.4 Å². The number of nitrogens with one attached hydrogen (secondary N) is 1. The second kappa shape index (κ2) is 7.63. The Bertz CT molecular complexity index is 1340. The van der Waals surface area contributed by atoms with Gasteiger partial charge in [-0.1, -0.05) is 48.0 Å². The smallest absolute Gasteiger partial charge is 0.270 e. The minimum atomic E-state index is -0.620. The van der Waals surface area contributed by atoms with Crippen molar-refractivity contribution in [2.75, 3.05) is 5.32 Å². The van der Waals surface area contributed by atoms with E-state index < -0.39 is 10.8 Å². The number of fused-ring (bicyclic) bond motifs is 1. The number of carbonyl (C=O) groups is 1. The van der Waals surface area contributed by atoms with E-state index in [1.165, 1.54) is 24.3 Å². The summed E-state index contributed by atoms with van der Waals surface area (Å²) in [7, 11) is 0. The number of benzene rings is 3. The van der Waals surface area contributed by atoms with E-state index in [1.807, 2.05) is 19.1 Å². The van der Waals surface area contributed by atoms with Crippen LogP contribution in [0, 0.1) is 17.0 Å². The van der Waals surface area contributed by atoms with Crippen LogP contribution in [0.15, 0.2) is 82.0 Å². The zero-order valence-electron chi connectivity index (χ0n) is 15.9. The highest BCUT2D eigenvalue weighted by molar-refractivity contribution is 6.06. The number of nitrogens with zero attached hydrogens (tertiary/aromatic N) is 1. The number of carbonyl (C=O) groups excluding carboxylic acids is 1. The van der Waals surface area contributed by atoms with Gasteiger partial charge in [-0.25, -0.2) is 0 Å². The molecule has 0 saturated carbocycles. The summed E-state index contributed by atoms with van der Waals surface area (Å²) in [5, 5.41) is 14.0. The third-order valence-electron chi connectivity index (χ3n) is 4.68. The molecule has 0 unspecified atom stereocenters. The predicted molar refractivity (Wildman–Crippen MR) is 114 cm³/mol. The van der Waals surface area contributed by atoms with Gasteiger partial charge in [-0.2, -0.15) is 0 Å². The van der Waals surface area contributed by atoms with E-state index in [-0.39, 0.29) is 28.1 Å². The lowest BCUT2D eigenvalue weighted by Gasteiger charge is -2.11. The number of hydrogen-bond acceptors (Lipinski definition) is 5. The van der Waals surface area contributed by atoms with E-state index in [2.05, 4.69) is 5.32 Å². The first-order valence-corrected chi connectivity index (χ1v) is 9.13. The lowest BCUT2D eigenvalue weighted by Crippen LogP contribution is -2.16. The number of nitro groups is 1. The highest BCUT2D eigenvalue weighted by atomic mass is 16.6. The fraction of sp³-hybridized carbons (Fsp3) is 0.0435. The van der Waals surface area contributed by atoms with Gasteiger partial charge < -0.3 is 4.42 Å². The minimum Gasteiger partial charge on any atom is -0.439 e. The average molecular weight is 400 g/mol. The molecule has 4 aromatic rings. The molecule has 0 fully saturated rings. The number of nitro benzene ring substituents is 1. The van der Waals surface area contributed by atoms with Crippen LogP contribution >= 0.6 is 0 Å². The van der Waals surface area contributed by atoms with Gasteiger partial charge in [0, 0.05) is 17.7 Å². The van der Waals surface area contributed by atoms with E-state index in [0.29, 0.717) is 16.5 Å². The standard InChI is InChI=1S/C23H16N2O5/c1-14-9-11-15(12-10-14)20-21(26)18-7-2-3-8-19(18)30-23(20)24-22(27)16-5-4-6-17(13-16)25(28)29/h2-13H,1H3,(H,24,27). The summed E-state index contributed by atoms with van der Waals surface area (Å²) >= 11 is 0. The Morgan fingerprint density at radius 1 is 1.00 bits per heavy atom. The van der Waals surface area contributed by atoms with Crippen LogP contribution in [0.25, 0.3) is 22.1 Å². The monoisotopic (exact) mass is 400 g/mol. The van der Waals surface area contributed by atoms with Gasteiger partial charge in [-0.05, 0) is 30.7 Å². The fourth-order valence-corrected chi connectivity index (χ4v) is 3.15. The number of amides is 1. The quantitative estimate of drug-likeness (QED) is 0.386. The molecule has 4 rings (SSSR count). The van der Waals surface area contributed by atoms with Gasteiger partial charge in [0.1, 0.15) is 5.58 Å². The number of anilines is 1. The molecule has 1 heterocycles. The van der Waals surface area contributed by atoms with Crippen molar-refractivity contribution < 1.29 is 14.1 Å². The highest BCUT2D eigenvalue weighted by Gasteiger charge is 2.20. The van der Waals surface area contributed by atoms with Gasteiger partial charge in [0.2, 0.25) is 11.3 Å². The van der Waals surface area contributed by atoms with Gasteiger partial charge in [0.05, 0.1) is 15.9 Å². The Labute approximate surface area is 170 Å². The molecule has 30 heavy (non-hydrogen) atoms. The van der Waals surface area contributed by atoms with Gasteiger partial charge >= 0.3 is 0 Å². The van der Waals surface area contributed by atoms with Crippen LogP contribution in [0.3, 0.4) is 0 Å². The van der Waals surface area contributed by atoms with Crippen LogP contribution < -0.4 is 10.7 Å². The highest BCUT2D eigenvalue weighted by Crippen LogP contribution is 2.29. The minimum absolute atomic E-state index is 0.0148. The molecular weight excluding hydrogens is 384 g/mol. The predicted octanol–water partition coefficient (Wildman–Crippen LogP) is 4.93. The van der Waals surface area contributed by atoms with Gasteiger partial charge in [-0.15, -0.1) is 0 Å². The number of aryl methyl sites for hydroxylation is 1. The van der Waals surface area contributed by atoms with Crippen molar-refractivity contribution in [3.8, 4) is 11.1 Å². The molecule has 0 aliphatic rings. The van der Waals surface area contributed by atoms with Crippen molar-refractivity contribution in [3.63, 3.8) is 0 Å². The van der Waals surface area contributed by atoms with Crippen LogP contribution in [0.2, 0.25) is 0 Å². The molecule has 3 aromatic carbocycles. The molecule has 1 aromatic heterocycles. The topological polar surface area (TPSA) is 102 Å². The zero-order valence-corrected chi connectivity index (χ0v) is 15.9. The number of para-hydroxylation sites is 1. The molecule has 148 valence electrons. The van der Waals surface area contributed by atoms with Crippen LogP contribution in [0.5, 0.6) is 0 Å². The van der Waals surface area contributed by atoms with Crippen LogP contribution in [-0.4, -0.2) is 10.8 Å². The van der Waals surface area contributed by atoms with E-state index >= 15 is 0 Å². The SMILES string of the molecule is Cc1ccc(-c2c(NC(=O)c3cccc([N+](=O)[O-])c3)oc3ccccc3c2=O)cc1. The fourth-order valence-electron chi connectivity index (χ4n) is 3.15. The van der Waals surface area contributed by atoms with E-state index in [4.69, 9.17) is 4.42 Å². The van der Waals surface area contributed by atoms with Gasteiger partial charge in [0.25, 0.3) is 11.6 Å². The summed E-state index contributed by atoms with van der Waals surface area (Å²) < 4.78 is 5.86. The number of rotatable bonds is 4. The molecule has 1 amide bonds. The zero-order chi connectivity index (χ0) is 21.3. The summed E-state index contributed by atoms with van der Waals surface area (Å²) in [6, 6.07) is 19.4. The molecule has 0 bridgehead atoms. The van der Waals surface area contributed by atoms with Gasteiger partial charge in [0.15, 0.2) is 0 Å². The second-order valence-electron chi connectivity index (χ2n) is 6.76. The molecule has 0 radical (unpaired) electrons. The molecule has 7 heteroatoms. The lowest BCUT2D eigenvalue weighted by atomic mass is 10.0. The van der Waals surface area contributed by atoms with E-state index in [9.17, 15) is 19.7 Å². The number of non-ortho nitro benzene ring substituents is 1. The second-order valence-corrected chi connectivity index (χ2v) is 6.76. The molecule has 0 aliphatic carbocycles. The summed E-state index contributed by atoms with van der Waals surface area (Å²) in [5.41, 5.74) is 1.74. The van der Waals surface area contributed by atoms with Crippen molar-refractivity contribution in [1.29, 1.82) is 0 Å². The number of hydrogen-bond donors (Lipinski definition) is 1. The summed E-state index contributed by atoms with van der Waals surface area (Å²) in [5.74, 6) is -0.635. The third-order valence-corrected chi connectivity index (χ3v) is 4.68. The van der Waals surface area contributed by atoms with E-state index in [0.717, 1.165) is 5.56 Å². The van der Waals surface area contributed by atoms with E-state index in [1.54, 1.807) is 36.4 Å². The summed E-state index contributed by atoms with van der Waals surface area (Å²) in [4.78, 5) is 36.4. The lowest BCUT2D eigenvalue weighted by molar-refractivity contribution is -0.384. The van der Waals surface area contributed by atoms with Crippen LogP contribution in [-0.2, 0) is 0 Å². The molecular formula is C23H16N2O5. The van der Waals surface area contributed by atoms with Crippen molar-refractivity contribution in [1.82, 2.24) is 0 Å². The Balaban J connectivity index is 1.85. The molecule has 7 nitrogen and oxygen atoms in total. The molecule has 0 spiro atoms. The van der Waals surface area contributed by atoms with Crippen LogP contribution in [0.1, 0.15) is 15.9 Å². The Kier molecular flexibility index (Phi) is 4.85. The van der Waals surface area contributed by atoms with Gasteiger partial charge in [-0.3, -0.25) is 25.0 Å². The first-order valence-electron chi connectivity index (χ1n) is 9.13. The third kappa shape index (κ3) is 3.56. The largest absolute Gasteiger partial charge is 0.439 e. The molecule has 0 saturated heterocycles. The summed E-state index contributed by atoms with van der Waals surface area (Å²) in [6.07, 6.45) is 0. The van der Waals surface area contributed by atoms with Crippen molar-refractivity contribution in [2.45, 2.75) is 6.92 Å². The molecule has 0 atom stereocenters. The maximum atomic E-state index is 13.2. The maximum absolute atomic E-state index is 13.2. The van der Waals surface area contributed by atoms with Crippen LogP contribution in [0.4, 0.5) is 11.6 Å². The van der Waals surface area contributed by atoms with Crippen molar-refractivity contribution in [2.24, 2.45) is 0 Å². The molecule has 0 aliphatic heterocycles. The Morgan fingerprint density at radius 3 is 2.47 bits per heavy atom. The Morgan fingerprint density at radius 2 is 1.73 bits per heavy atom. The molecule has 1 N–H and O–H groups in total. The Hall–Kier alpha value is -4.26. The average Bonchev–Trinajstić information content (AvgIpc) is 2.75. The maximum Gasteiger partial charge on any atom is 0.270 e. The first-order chi connectivity index (χ1) is 14.4. The summed E-state index contributed by atoms with van der Waals surface area (Å²) in [6.45, 7) is 1.93. The van der Waals surface area contributed by atoms with Crippen molar-refractivity contribution in [3.05, 3.63) is 104 Å². The normalized spacial score (nSPS) is 10.7.